The van der Waals surface area contributed by atoms with Gasteiger partial charge in [0.25, 0.3) is 5.56 Å². The van der Waals surface area contributed by atoms with Crippen molar-refractivity contribution in [3.8, 4) is 11.4 Å². The number of β-amino-alcohol motifs (C(OH)–C–C–N with tert-alkyl or cyclic N) is 1. The maximum absolute atomic E-state index is 13.6. The molecule has 2 heterocycles. The van der Waals surface area contributed by atoms with Gasteiger partial charge in [-0.3, -0.25) is 9.36 Å². The Morgan fingerprint density at radius 1 is 0.921 bits per heavy atom. The van der Waals surface area contributed by atoms with Gasteiger partial charge >= 0.3 is 0 Å². The average Bonchev–Trinajstić information content (AvgIpc) is 2.92. The van der Waals surface area contributed by atoms with E-state index in [0.29, 0.717) is 44.8 Å². The largest absolute Gasteiger partial charge is 0.491 e. The fourth-order valence-electron chi connectivity index (χ4n) is 4.66. The SMILES string of the molecule is O=c1c2ccc(Cl)cc2nc(/C=C/c2ccc(Cl)cc2)n1-c1ccc(OCC(O)CN2CCCCC2)cc1. The van der Waals surface area contributed by atoms with Gasteiger partial charge in [0.05, 0.1) is 16.6 Å². The zero-order chi connectivity index (χ0) is 26.5. The van der Waals surface area contributed by atoms with Crippen LogP contribution in [0.2, 0.25) is 10.0 Å². The van der Waals surface area contributed by atoms with E-state index in [0.717, 1.165) is 18.7 Å². The number of aromatic nitrogens is 2. The fraction of sp³-hybridized carbons (Fsp3) is 0.267. The summed E-state index contributed by atoms with van der Waals surface area (Å²) in [4.78, 5) is 20.6. The number of rotatable bonds is 8. The summed E-state index contributed by atoms with van der Waals surface area (Å²) in [5.74, 6) is 1.09. The number of aliphatic hydroxyl groups is 1. The number of aliphatic hydroxyl groups excluding tert-OH is 1. The van der Waals surface area contributed by atoms with Crippen molar-refractivity contribution in [1.29, 1.82) is 0 Å². The Kier molecular flexibility index (Phi) is 8.45. The molecule has 196 valence electrons. The Bertz CT molecular complexity index is 1480. The number of hydrogen-bond donors (Lipinski definition) is 1. The molecular formula is C30H29Cl2N3O3. The molecule has 0 radical (unpaired) electrons. The zero-order valence-electron chi connectivity index (χ0n) is 20.9. The number of nitrogens with zero attached hydrogens (tertiary/aromatic N) is 3. The number of likely N-dealkylation sites (tertiary alicyclic amines) is 1. The summed E-state index contributed by atoms with van der Waals surface area (Å²) < 4.78 is 7.41. The molecule has 3 aromatic carbocycles. The minimum absolute atomic E-state index is 0.201. The minimum atomic E-state index is -0.559. The molecule has 1 aliphatic heterocycles. The second kappa shape index (κ2) is 12.1. The summed E-state index contributed by atoms with van der Waals surface area (Å²) in [5.41, 5.74) is 1.90. The first-order chi connectivity index (χ1) is 18.5. The van der Waals surface area contributed by atoms with Crippen LogP contribution in [-0.4, -0.2) is 51.9 Å². The third-order valence-corrected chi connectivity index (χ3v) is 7.09. The van der Waals surface area contributed by atoms with Gasteiger partial charge in [0.1, 0.15) is 24.3 Å². The molecule has 6 nitrogen and oxygen atoms in total. The van der Waals surface area contributed by atoms with Crippen LogP contribution in [0.4, 0.5) is 0 Å². The maximum Gasteiger partial charge on any atom is 0.266 e. The van der Waals surface area contributed by atoms with Crippen molar-refractivity contribution in [3.05, 3.63) is 98.5 Å². The fourth-order valence-corrected chi connectivity index (χ4v) is 4.95. The molecule has 0 aliphatic carbocycles. The van der Waals surface area contributed by atoms with E-state index >= 15 is 0 Å². The molecule has 1 unspecified atom stereocenters. The van der Waals surface area contributed by atoms with Gasteiger partial charge in [-0.15, -0.1) is 0 Å². The molecule has 1 atom stereocenters. The summed E-state index contributed by atoms with van der Waals surface area (Å²) >= 11 is 12.2. The van der Waals surface area contributed by atoms with Crippen LogP contribution in [-0.2, 0) is 0 Å². The van der Waals surface area contributed by atoms with Crippen molar-refractivity contribution in [3.63, 3.8) is 0 Å². The van der Waals surface area contributed by atoms with Crippen molar-refractivity contribution in [2.75, 3.05) is 26.2 Å². The Morgan fingerprint density at radius 2 is 1.63 bits per heavy atom. The van der Waals surface area contributed by atoms with Crippen molar-refractivity contribution < 1.29 is 9.84 Å². The molecule has 1 N–H and O–H groups in total. The van der Waals surface area contributed by atoms with Gasteiger partial charge in [0, 0.05) is 16.6 Å². The van der Waals surface area contributed by atoms with Crippen molar-refractivity contribution in [2.45, 2.75) is 25.4 Å². The van der Waals surface area contributed by atoms with Crippen LogP contribution in [0.5, 0.6) is 5.75 Å². The lowest BCUT2D eigenvalue weighted by molar-refractivity contribution is 0.0617. The predicted molar refractivity (Wildman–Crippen MR) is 155 cm³/mol. The number of benzene rings is 3. The molecule has 8 heteroatoms. The topological polar surface area (TPSA) is 67.6 Å². The summed E-state index contributed by atoms with van der Waals surface area (Å²) in [5, 5.41) is 12.0. The smallest absolute Gasteiger partial charge is 0.266 e. The van der Waals surface area contributed by atoms with Crippen LogP contribution >= 0.6 is 23.2 Å². The van der Waals surface area contributed by atoms with Crippen LogP contribution in [0.1, 0.15) is 30.7 Å². The van der Waals surface area contributed by atoms with Crippen LogP contribution in [0.3, 0.4) is 0 Å². The second-order valence-corrected chi connectivity index (χ2v) is 10.3. The summed E-state index contributed by atoms with van der Waals surface area (Å²) in [7, 11) is 0. The van der Waals surface area contributed by atoms with E-state index in [2.05, 4.69) is 4.90 Å². The lowest BCUT2D eigenvalue weighted by atomic mass is 10.1. The molecular weight excluding hydrogens is 521 g/mol. The first-order valence-corrected chi connectivity index (χ1v) is 13.5. The lowest BCUT2D eigenvalue weighted by Crippen LogP contribution is -2.38. The molecule has 0 saturated carbocycles. The van der Waals surface area contributed by atoms with Crippen LogP contribution in [0, 0.1) is 0 Å². The van der Waals surface area contributed by atoms with E-state index in [9.17, 15) is 9.90 Å². The molecule has 1 saturated heterocycles. The quantitative estimate of drug-likeness (QED) is 0.288. The van der Waals surface area contributed by atoms with Gasteiger partial charge < -0.3 is 14.7 Å². The van der Waals surface area contributed by atoms with Crippen molar-refractivity contribution in [1.82, 2.24) is 14.5 Å². The zero-order valence-corrected chi connectivity index (χ0v) is 22.4. The van der Waals surface area contributed by atoms with Gasteiger partial charge in [0.15, 0.2) is 0 Å². The van der Waals surface area contributed by atoms with Gasteiger partial charge in [-0.05, 0) is 92.2 Å². The van der Waals surface area contributed by atoms with Gasteiger partial charge in [-0.25, -0.2) is 4.98 Å². The number of hydrogen-bond acceptors (Lipinski definition) is 5. The van der Waals surface area contributed by atoms with E-state index in [1.165, 1.54) is 19.3 Å². The Morgan fingerprint density at radius 3 is 2.37 bits per heavy atom. The second-order valence-electron chi connectivity index (χ2n) is 9.48. The van der Waals surface area contributed by atoms with Crippen molar-refractivity contribution in [2.24, 2.45) is 0 Å². The highest BCUT2D eigenvalue weighted by Crippen LogP contribution is 2.21. The molecule has 38 heavy (non-hydrogen) atoms. The monoisotopic (exact) mass is 549 g/mol. The van der Waals surface area contributed by atoms with Crippen LogP contribution < -0.4 is 10.3 Å². The standard InChI is InChI=1S/C30H29Cl2N3O3/c31-22-7-4-21(5-8-22)6-15-29-33-28-18-23(32)9-14-27(28)30(37)35(29)24-10-12-26(13-11-24)38-20-25(36)19-34-16-2-1-3-17-34/h4-15,18,25,36H,1-3,16-17,19-20H2/b15-6+. The highest BCUT2D eigenvalue weighted by molar-refractivity contribution is 6.31. The number of piperidine rings is 1. The summed E-state index contributed by atoms with van der Waals surface area (Å²) in [6.07, 6.45) is 6.75. The molecule has 0 spiro atoms. The third kappa shape index (κ3) is 6.45. The Hall–Kier alpha value is -3.16. The average molecular weight is 550 g/mol. The van der Waals surface area contributed by atoms with E-state index in [1.807, 2.05) is 42.5 Å². The molecule has 5 rings (SSSR count). The summed E-state index contributed by atoms with van der Waals surface area (Å²) in [6, 6.07) is 19.7. The number of halogens is 2. The van der Waals surface area contributed by atoms with Crippen LogP contribution in [0.15, 0.2) is 71.5 Å². The highest BCUT2D eigenvalue weighted by atomic mass is 35.5. The number of ether oxygens (including phenoxy) is 1. The normalized spacial score (nSPS) is 15.2. The van der Waals surface area contributed by atoms with E-state index in [-0.39, 0.29) is 12.2 Å². The number of fused-ring (bicyclic) bond motifs is 1. The minimum Gasteiger partial charge on any atom is -0.491 e. The van der Waals surface area contributed by atoms with E-state index in [1.54, 1.807) is 41.0 Å². The molecule has 1 aromatic heterocycles. The summed E-state index contributed by atoms with van der Waals surface area (Å²) in [6.45, 7) is 2.88. The third-order valence-electron chi connectivity index (χ3n) is 6.61. The van der Waals surface area contributed by atoms with E-state index < -0.39 is 6.10 Å². The molecule has 1 fully saturated rings. The van der Waals surface area contributed by atoms with Gasteiger partial charge in [-0.1, -0.05) is 47.8 Å². The molecule has 0 amide bonds. The Labute approximate surface area is 231 Å². The molecule has 0 bridgehead atoms. The first kappa shape index (κ1) is 26.4. The first-order valence-electron chi connectivity index (χ1n) is 12.8. The van der Waals surface area contributed by atoms with E-state index in [4.69, 9.17) is 32.9 Å². The highest BCUT2D eigenvalue weighted by Gasteiger charge is 2.16. The van der Waals surface area contributed by atoms with Crippen molar-refractivity contribution >= 4 is 46.3 Å². The molecule has 4 aromatic rings. The van der Waals surface area contributed by atoms with Crippen LogP contribution in [0.25, 0.3) is 28.7 Å². The van der Waals surface area contributed by atoms with Gasteiger partial charge in [-0.2, -0.15) is 0 Å². The molecule has 1 aliphatic rings. The predicted octanol–water partition coefficient (Wildman–Crippen LogP) is 6.09. The maximum atomic E-state index is 13.6. The Balaban J connectivity index is 1.40. The lowest BCUT2D eigenvalue weighted by Gasteiger charge is -2.28. The van der Waals surface area contributed by atoms with Gasteiger partial charge in [0.2, 0.25) is 0 Å².